The van der Waals surface area contributed by atoms with Crippen molar-refractivity contribution < 1.29 is 14.1 Å². The Morgan fingerprint density at radius 2 is 2.22 bits per heavy atom. The van der Waals surface area contributed by atoms with Crippen molar-refractivity contribution in [2.24, 2.45) is 0 Å². The zero-order valence-electron chi connectivity index (χ0n) is 13.7. The first kappa shape index (κ1) is 15.5. The number of aromatic nitrogens is 2. The Balaban J connectivity index is 1.54. The van der Waals surface area contributed by atoms with Gasteiger partial charge in [-0.2, -0.15) is 4.98 Å². The lowest BCUT2D eigenvalue weighted by molar-refractivity contribution is -0.135. The zero-order valence-corrected chi connectivity index (χ0v) is 13.7. The van der Waals surface area contributed by atoms with Crippen molar-refractivity contribution in [2.75, 3.05) is 20.2 Å². The average molecular weight is 315 g/mol. The summed E-state index contributed by atoms with van der Waals surface area (Å²) < 4.78 is 10.5. The molecule has 1 fully saturated rings. The van der Waals surface area contributed by atoms with Gasteiger partial charge < -0.3 is 14.2 Å². The van der Waals surface area contributed by atoms with Crippen molar-refractivity contribution in [1.29, 1.82) is 0 Å². The molecular formula is C17H21N3O3. The van der Waals surface area contributed by atoms with E-state index >= 15 is 0 Å². The molecule has 6 heteroatoms. The molecule has 0 radical (unpaired) electrons. The number of carbonyl (C=O) groups is 1. The van der Waals surface area contributed by atoms with E-state index < -0.39 is 0 Å². The minimum atomic E-state index is 0.109. The molecule has 0 bridgehead atoms. The quantitative estimate of drug-likeness (QED) is 0.847. The Morgan fingerprint density at radius 3 is 2.87 bits per heavy atom. The third-order valence-corrected chi connectivity index (χ3v) is 4.05. The number of carbonyl (C=O) groups excluding carboxylic acids is 1. The van der Waals surface area contributed by atoms with Gasteiger partial charge in [0, 0.05) is 19.0 Å². The summed E-state index contributed by atoms with van der Waals surface area (Å²) in [5.74, 6) is 2.64. The summed E-state index contributed by atoms with van der Waals surface area (Å²) in [4.78, 5) is 18.5. The minimum Gasteiger partial charge on any atom is -0.497 e. The first-order chi connectivity index (χ1) is 11.1. The molecule has 0 saturated carbocycles. The fraction of sp³-hybridized carbons (Fsp3) is 0.471. The second-order valence-electron chi connectivity index (χ2n) is 6.17. The number of nitrogens with zero attached hydrogens (tertiary/aromatic N) is 3. The molecule has 3 rings (SSSR count). The molecule has 0 unspecified atom stereocenters. The molecule has 1 aliphatic heterocycles. The van der Waals surface area contributed by atoms with Gasteiger partial charge in [-0.05, 0) is 17.7 Å². The summed E-state index contributed by atoms with van der Waals surface area (Å²) in [6, 6.07) is 7.59. The predicted octanol–water partition coefficient (Wildman–Crippen LogP) is 2.37. The maximum atomic E-state index is 12.3. The van der Waals surface area contributed by atoms with Crippen LogP contribution in [-0.4, -0.2) is 41.1 Å². The molecule has 122 valence electrons. The fourth-order valence-corrected chi connectivity index (χ4v) is 2.55. The minimum absolute atomic E-state index is 0.109. The number of rotatable bonds is 5. The van der Waals surface area contributed by atoms with Crippen molar-refractivity contribution in [3.05, 3.63) is 41.5 Å². The Labute approximate surface area is 135 Å². The number of amides is 1. The highest BCUT2D eigenvalue weighted by atomic mass is 16.5. The highest BCUT2D eigenvalue weighted by molar-refractivity contribution is 5.79. The Kier molecular flexibility index (Phi) is 4.32. The van der Waals surface area contributed by atoms with Crippen LogP contribution >= 0.6 is 0 Å². The van der Waals surface area contributed by atoms with Crippen LogP contribution in [-0.2, 0) is 11.2 Å². The van der Waals surface area contributed by atoms with Gasteiger partial charge in [0.1, 0.15) is 5.75 Å². The van der Waals surface area contributed by atoms with E-state index in [1.807, 2.05) is 43.0 Å². The van der Waals surface area contributed by atoms with Gasteiger partial charge in [-0.1, -0.05) is 31.1 Å². The van der Waals surface area contributed by atoms with Gasteiger partial charge in [-0.3, -0.25) is 4.79 Å². The first-order valence-corrected chi connectivity index (χ1v) is 7.81. The maximum absolute atomic E-state index is 12.3. The van der Waals surface area contributed by atoms with E-state index in [9.17, 15) is 4.79 Å². The molecular weight excluding hydrogens is 294 g/mol. The number of methoxy groups -OCH3 is 1. The van der Waals surface area contributed by atoms with Crippen LogP contribution < -0.4 is 4.74 Å². The average Bonchev–Trinajstić information content (AvgIpc) is 2.95. The van der Waals surface area contributed by atoms with Gasteiger partial charge in [0.05, 0.1) is 19.4 Å². The lowest BCUT2D eigenvalue weighted by Gasteiger charge is -2.37. The molecule has 1 amide bonds. The van der Waals surface area contributed by atoms with E-state index in [-0.39, 0.29) is 17.7 Å². The molecule has 6 nitrogen and oxygen atoms in total. The van der Waals surface area contributed by atoms with Crippen LogP contribution in [0, 0.1) is 0 Å². The van der Waals surface area contributed by atoms with Crippen molar-refractivity contribution in [2.45, 2.75) is 32.1 Å². The first-order valence-electron chi connectivity index (χ1n) is 7.81. The summed E-state index contributed by atoms with van der Waals surface area (Å²) in [6.45, 7) is 5.34. The molecule has 1 saturated heterocycles. The molecule has 2 heterocycles. The molecule has 2 aromatic rings. The van der Waals surface area contributed by atoms with Crippen LogP contribution in [0.1, 0.15) is 43.0 Å². The van der Waals surface area contributed by atoms with Crippen molar-refractivity contribution >= 4 is 5.91 Å². The molecule has 1 aliphatic rings. The SMILES string of the molecule is COc1cccc(CC(=O)N2CC(c3nc(C(C)C)no3)C2)c1. The van der Waals surface area contributed by atoms with E-state index in [0.717, 1.165) is 17.1 Å². The van der Waals surface area contributed by atoms with Gasteiger partial charge in [0.2, 0.25) is 11.8 Å². The Hall–Kier alpha value is -2.37. The summed E-state index contributed by atoms with van der Waals surface area (Å²) in [5.41, 5.74) is 0.956. The van der Waals surface area contributed by atoms with E-state index in [1.165, 1.54) is 0 Å². The summed E-state index contributed by atoms with van der Waals surface area (Å²) in [7, 11) is 1.62. The fourth-order valence-electron chi connectivity index (χ4n) is 2.55. The monoisotopic (exact) mass is 315 g/mol. The summed E-state index contributed by atoms with van der Waals surface area (Å²) >= 11 is 0. The molecule has 0 aliphatic carbocycles. The van der Waals surface area contributed by atoms with E-state index in [0.29, 0.717) is 25.4 Å². The van der Waals surface area contributed by atoms with Crippen molar-refractivity contribution in [3.63, 3.8) is 0 Å². The number of benzene rings is 1. The topological polar surface area (TPSA) is 68.5 Å². The lowest BCUT2D eigenvalue weighted by Crippen LogP contribution is -2.49. The maximum Gasteiger partial charge on any atom is 0.233 e. The van der Waals surface area contributed by atoms with Gasteiger partial charge in [-0.25, -0.2) is 0 Å². The molecule has 0 spiro atoms. The third-order valence-electron chi connectivity index (χ3n) is 4.05. The van der Waals surface area contributed by atoms with Crippen LogP contribution in [0.2, 0.25) is 0 Å². The van der Waals surface area contributed by atoms with Crippen LogP contribution in [0.15, 0.2) is 28.8 Å². The largest absolute Gasteiger partial charge is 0.497 e. The van der Waals surface area contributed by atoms with Crippen LogP contribution in [0.3, 0.4) is 0 Å². The summed E-state index contributed by atoms with van der Waals surface area (Å²) in [5, 5.41) is 3.97. The van der Waals surface area contributed by atoms with E-state index in [1.54, 1.807) is 7.11 Å². The van der Waals surface area contributed by atoms with Crippen molar-refractivity contribution in [3.8, 4) is 5.75 Å². The highest BCUT2D eigenvalue weighted by Crippen LogP contribution is 2.27. The zero-order chi connectivity index (χ0) is 16.4. The van der Waals surface area contributed by atoms with Gasteiger partial charge >= 0.3 is 0 Å². The molecule has 1 aromatic carbocycles. The highest BCUT2D eigenvalue weighted by Gasteiger charge is 2.35. The van der Waals surface area contributed by atoms with Crippen molar-refractivity contribution in [1.82, 2.24) is 15.0 Å². The van der Waals surface area contributed by atoms with Gasteiger partial charge in [0.15, 0.2) is 5.82 Å². The lowest BCUT2D eigenvalue weighted by atomic mass is 9.98. The second-order valence-corrected chi connectivity index (χ2v) is 6.17. The standard InChI is InChI=1S/C17H21N3O3/c1-11(2)16-18-17(23-19-16)13-9-20(10-13)15(21)8-12-5-4-6-14(7-12)22-3/h4-7,11,13H,8-10H2,1-3H3. The number of hydrogen-bond acceptors (Lipinski definition) is 5. The molecule has 23 heavy (non-hydrogen) atoms. The van der Waals surface area contributed by atoms with E-state index in [4.69, 9.17) is 9.26 Å². The van der Waals surface area contributed by atoms with Gasteiger partial charge in [-0.15, -0.1) is 0 Å². The molecule has 1 aromatic heterocycles. The Bertz CT molecular complexity index is 690. The van der Waals surface area contributed by atoms with E-state index in [2.05, 4.69) is 10.1 Å². The second kappa shape index (κ2) is 6.40. The smallest absolute Gasteiger partial charge is 0.233 e. The van der Waals surface area contributed by atoms with Crippen LogP contribution in [0.5, 0.6) is 5.75 Å². The number of hydrogen-bond donors (Lipinski definition) is 0. The molecule has 0 N–H and O–H groups in total. The van der Waals surface area contributed by atoms with Gasteiger partial charge in [0.25, 0.3) is 0 Å². The molecule has 0 atom stereocenters. The number of ether oxygens (including phenoxy) is 1. The van der Waals surface area contributed by atoms with Crippen LogP contribution in [0.25, 0.3) is 0 Å². The van der Waals surface area contributed by atoms with Crippen LogP contribution in [0.4, 0.5) is 0 Å². The normalized spacial score (nSPS) is 14.9. The Morgan fingerprint density at radius 1 is 1.43 bits per heavy atom. The summed E-state index contributed by atoms with van der Waals surface area (Å²) in [6.07, 6.45) is 0.380. The number of likely N-dealkylation sites (tertiary alicyclic amines) is 1. The predicted molar refractivity (Wildman–Crippen MR) is 84.4 cm³/mol. The third kappa shape index (κ3) is 3.36.